The molecule has 0 amide bonds. The predicted octanol–water partition coefficient (Wildman–Crippen LogP) is 2.63. The Balaban J connectivity index is 1.97. The van der Waals surface area contributed by atoms with Crippen molar-refractivity contribution in [3.63, 3.8) is 0 Å². The number of ether oxygens (including phenoxy) is 1. The van der Waals surface area contributed by atoms with Gasteiger partial charge in [-0.05, 0) is 30.5 Å². The van der Waals surface area contributed by atoms with Crippen LogP contribution < -0.4 is 5.32 Å². The monoisotopic (exact) mass is 341 g/mol. The molecule has 0 heterocycles. The highest BCUT2D eigenvalue weighted by atomic mass is 79.9. The molecule has 0 spiro atoms. The Bertz CT molecular complexity index is 478. The number of hydrogen-bond donors (Lipinski definition) is 2. The zero-order valence-corrected chi connectivity index (χ0v) is 13.1. The standard InChI is InChI=1S/C15H20BrNO3/c1-20-15(19)10-6-7-11(12(16)8-10)9-17-13-4-2-3-5-14(13)18/h6-8,13-14,17-18H,2-5,9H2,1H3. The van der Waals surface area contributed by atoms with E-state index in [-0.39, 0.29) is 18.1 Å². The second-order valence-electron chi connectivity index (χ2n) is 5.14. The van der Waals surface area contributed by atoms with E-state index in [2.05, 4.69) is 21.2 Å². The summed E-state index contributed by atoms with van der Waals surface area (Å²) >= 11 is 3.47. The molecule has 2 N–H and O–H groups in total. The maximum atomic E-state index is 11.4. The number of aliphatic hydroxyl groups excluding tert-OH is 1. The lowest BCUT2D eigenvalue weighted by atomic mass is 9.92. The van der Waals surface area contributed by atoms with Gasteiger partial charge in [-0.2, -0.15) is 0 Å². The summed E-state index contributed by atoms with van der Waals surface area (Å²) in [6.45, 7) is 0.670. The van der Waals surface area contributed by atoms with E-state index in [9.17, 15) is 9.90 Å². The van der Waals surface area contributed by atoms with Gasteiger partial charge in [0.1, 0.15) is 0 Å². The van der Waals surface area contributed by atoms with Crippen molar-refractivity contribution in [1.82, 2.24) is 5.32 Å². The van der Waals surface area contributed by atoms with Crippen molar-refractivity contribution in [3.05, 3.63) is 33.8 Å². The Morgan fingerprint density at radius 2 is 2.20 bits per heavy atom. The van der Waals surface area contributed by atoms with Crippen LogP contribution in [0, 0.1) is 0 Å². The van der Waals surface area contributed by atoms with E-state index in [4.69, 9.17) is 4.74 Å². The number of aliphatic hydroxyl groups is 1. The molecule has 0 radical (unpaired) electrons. The number of benzene rings is 1. The van der Waals surface area contributed by atoms with Crippen molar-refractivity contribution in [1.29, 1.82) is 0 Å². The Kier molecular flexibility index (Phi) is 5.57. The fourth-order valence-corrected chi connectivity index (χ4v) is 3.04. The molecule has 2 unspecified atom stereocenters. The summed E-state index contributed by atoms with van der Waals surface area (Å²) in [6.07, 6.45) is 3.91. The zero-order chi connectivity index (χ0) is 14.5. The van der Waals surface area contributed by atoms with Gasteiger partial charge >= 0.3 is 5.97 Å². The number of rotatable bonds is 4. The fraction of sp³-hybridized carbons (Fsp3) is 0.533. The molecule has 2 rings (SSSR count). The maximum Gasteiger partial charge on any atom is 0.337 e. The summed E-state index contributed by atoms with van der Waals surface area (Å²) < 4.78 is 5.57. The van der Waals surface area contributed by atoms with E-state index in [1.54, 1.807) is 12.1 Å². The maximum absolute atomic E-state index is 11.4. The summed E-state index contributed by atoms with van der Waals surface area (Å²) in [5.41, 5.74) is 1.59. The average molecular weight is 342 g/mol. The van der Waals surface area contributed by atoms with E-state index in [1.165, 1.54) is 7.11 Å². The highest BCUT2D eigenvalue weighted by molar-refractivity contribution is 9.10. The number of halogens is 1. The van der Waals surface area contributed by atoms with Gasteiger partial charge in [0.25, 0.3) is 0 Å². The third-order valence-electron chi connectivity index (χ3n) is 3.76. The Morgan fingerprint density at radius 3 is 2.85 bits per heavy atom. The summed E-state index contributed by atoms with van der Waals surface area (Å²) in [7, 11) is 1.37. The van der Waals surface area contributed by atoms with Crippen LogP contribution in [0.15, 0.2) is 22.7 Å². The first-order chi connectivity index (χ1) is 9.61. The summed E-state index contributed by atoms with van der Waals surface area (Å²) in [5, 5.41) is 13.3. The highest BCUT2D eigenvalue weighted by Gasteiger charge is 2.22. The number of methoxy groups -OCH3 is 1. The van der Waals surface area contributed by atoms with E-state index < -0.39 is 0 Å². The molecule has 0 aliphatic heterocycles. The van der Waals surface area contributed by atoms with Gasteiger partial charge < -0.3 is 15.2 Å². The molecule has 0 aromatic heterocycles. The minimum Gasteiger partial charge on any atom is -0.465 e. The lowest BCUT2D eigenvalue weighted by Gasteiger charge is -2.28. The van der Waals surface area contributed by atoms with Crippen molar-refractivity contribution in [2.24, 2.45) is 0 Å². The molecule has 0 bridgehead atoms. The summed E-state index contributed by atoms with van der Waals surface area (Å²) in [4.78, 5) is 11.4. The smallest absolute Gasteiger partial charge is 0.337 e. The first kappa shape index (κ1) is 15.5. The SMILES string of the molecule is COC(=O)c1ccc(CNC2CCCCC2O)c(Br)c1. The van der Waals surface area contributed by atoms with Crippen LogP contribution in [-0.2, 0) is 11.3 Å². The van der Waals surface area contributed by atoms with Crippen LogP contribution in [0.4, 0.5) is 0 Å². The van der Waals surface area contributed by atoms with E-state index in [1.807, 2.05) is 6.07 Å². The van der Waals surface area contributed by atoms with Gasteiger partial charge in [0.05, 0.1) is 18.8 Å². The quantitative estimate of drug-likeness (QED) is 0.826. The van der Waals surface area contributed by atoms with Crippen LogP contribution >= 0.6 is 15.9 Å². The second kappa shape index (κ2) is 7.20. The summed E-state index contributed by atoms with van der Waals surface area (Å²) in [6, 6.07) is 5.58. The molecule has 20 heavy (non-hydrogen) atoms. The largest absolute Gasteiger partial charge is 0.465 e. The van der Waals surface area contributed by atoms with Gasteiger partial charge in [-0.3, -0.25) is 0 Å². The average Bonchev–Trinajstić information content (AvgIpc) is 2.46. The third kappa shape index (κ3) is 3.81. The van der Waals surface area contributed by atoms with Crippen LogP contribution in [0.2, 0.25) is 0 Å². The van der Waals surface area contributed by atoms with Crippen molar-refractivity contribution in [3.8, 4) is 0 Å². The Labute approximate surface area is 127 Å². The van der Waals surface area contributed by atoms with Gasteiger partial charge in [-0.1, -0.05) is 34.8 Å². The van der Waals surface area contributed by atoms with Gasteiger partial charge in [0, 0.05) is 17.1 Å². The van der Waals surface area contributed by atoms with Crippen LogP contribution in [0.25, 0.3) is 0 Å². The number of esters is 1. The molecule has 1 fully saturated rings. The van der Waals surface area contributed by atoms with E-state index >= 15 is 0 Å². The van der Waals surface area contributed by atoms with Crippen molar-refractivity contribution < 1.29 is 14.6 Å². The molecular weight excluding hydrogens is 322 g/mol. The molecular formula is C15H20BrNO3. The molecule has 110 valence electrons. The van der Waals surface area contributed by atoms with Gasteiger partial charge in [-0.15, -0.1) is 0 Å². The summed E-state index contributed by atoms with van der Waals surface area (Å²) in [5.74, 6) is -0.340. The predicted molar refractivity (Wildman–Crippen MR) is 80.6 cm³/mol. The first-order valence-electron chi connectivity index (χ1n) is 6.90. The number of hydrogen-bond acceptors (Lipinski definition) is 4. The lowest BCUT2D eigenvalue weighted by molar-refractivity contribution is 0.0600. The van der Waals surface area contributed by atoms with Crippen LogP contribution in [0.3, 0.4) is 0 Å². The van der Waals surface area contributed by atoms with Gasteiger partial charge in [-0.25, -0.2) is 4.79 Å². The Hall–Kier alpha value is -0.910. The van der Waals surface area contributed by atoms with E-state index in [0.717, 1.165) is 35.7 Å². The zero-order valence-electron chi connectivity index (χ0n) is 11.6. The highest BCUT2D eigenvalue weighted by Crippen LogP contribution is 2.22. The molecule has 1 aromatic carbocycles. The normalized spacial score (nSPS) is 22.6. The molecule has 1 saturated carbocycles. The molecule has 1 aromatic rings. The molecule has 2 atom stereocenters. The van der Waals surface area contributed by atoms with Gasteiger partial charge in [0.15, 0.2) is 0 Å². The molecule has 1 aliphatic rings. The minimum atomic E-state index is -0.340. The lowest BCUT2D eigenvalue weighted by Crippen LogP contribution is -2.41. The van der Waals surface area contributed by atoms with Crippen LogP contribution in [0.5, 0.6) is 0 Å². The fourth-order valence-electron chi connectivity index (χ4n) is 2.53. The van der Waals surface area contributed by atoms with Crippen molar-refractivity contribution in [2.45, 2.75) is 44.4 Å². The topological polar surface area (TPSA) is 58.6 Å². The number of nitrogens with one attached hydrogen (secondary N) is 1. The van der Waals surface area contributed by atoms with Crippen molar-refractivity contribution in [2.75, 3.05) is 7.11 Å². The molecule has 4 nitrogen and oxygen atoms in total. The number of carbonyl (C=O) groups is 1. The van der Waals surface area contributed by atoms with Gasteiger partial charge in [0.2, 0.25) is 0 Å². The van der Waals surface area contributed by atoms with Crippen molar-refractivity contribution >= 4 is 21.9 Å². The molecule has 1 aliphatic carbocycles. The molecule has 0 saturated heterocycles. The second-order valence-corrected chi connectivity index (χ2v) is 5.99. The van der Waals surface area contributed by atoms with Crippen LogP contribution in [0.1, 0.15) is 41.6 Å². The van der Waals surface area contributed by atoms with Crippen LogP contribution in [-0.4, -0.2) is 30.3 Å². The third-order valence-corrected chi connectivity index (χ3v) is 4.50. The molecule has 5 heteroatoms. The van der Waals surface area contributed by atoms with E-state index in [0.29, 0.717) is 12.1 Å². The first-order valence-corrected chi connectivity index (χ1v) is 7.69. The minimum absolute atomic E-state index is 0.163. The number of carbonyl (C=O) groups excluding carboxylic acids is 1. The Morgan fingerprint density at radius 1 is 1.45 bits per heavy atom.